The molecule has 0 radical (unpaired) electrons. The van der Waals surface area contributed by atoms with Crippen LogP contribution in [-0.4, -0.2) is 43.0 Å². The van der Waals surface area contributed by atoms with E-state index in [-0.39, 0.29) is 11.8 Å². The van der Waals surface area contributed by atoms with Crippen LogP contribution in [0.4, 0.5) is 5.69 Å². The van der Waals surface area contributed by atoms with Crippen LogP contribution in [0.2, 0.25) is 0 Å². The lowest BCUT2D eigenvalue weighted by Crippen LogP contribution is -2.41. The molecule has 1 saturated heterocycles. The Balaban J connectivity index is 1.35. The molecule has 1 aliphatic heterocycles. The van der Waals surface area contributed by atoms with Crippen LogP contribution in [0, 0.1) is 0 Å². The number of carbonyl (C=O) groups is 2. The molecule has 29 heavy (non-hydrogen) atoms. The van der Waals surface area contributed by atoms with Gasteiger partial charge in [-0.1, -0.05) is 54.6 Å². The van der Waals surface area contributed by atoms with Crippen molar-refractivity contribution in [1.82, 2.24) is 4.90 Å². The Morgan fingerprint density at radius 1 is 0.862 bits per heavy atom. The lowest BCUT2D eigenvalue weighted by atomic mass is 10.0. The first kappa shape index (κ1) is 19.2. The van der Waals surface area contributed by atoms with Crippen LogP contribution in [-0.2, 0) is 27.2 Å². The molecule has 1 aliphatic rings. The van der Waals surface area contributed by atoms with Crippen molar-refractivity contribution in [3.05, 3.63) is 77.9 Å². The number of morpholine rings is 1. The summed E-state index contributed by atoms with van der Waals surface area (Å²) in [6.07, 6.45) is 0.683. The third kappa shape index (κ3) is 4.81. The van der Waals surface area contributed by atoms with Gasteiger partial charge in [-0.3, -0.25) is 9.59 Å². The fourth-order valence-corrected chi connectivity index (χ4v) is 3.63. The van der Waals surface area contributed by atoms with Gasteiger partial charge in [0.25, 0.3) is 0 Å². The number of anilines is 1. The van der Waals surface area contributed by atoms with E-state index in [1.807, 2.05) is 71.6 Å². The van der Waals surface area contributed by atoms with E-state index in [9.17, 15) is 9.59 Å². The van der Waals surface area contributed by atoms with Gasteiger partial charge in [-0.25, -0.2) is 0 Å². The normalized spacial score (nSPS) is 14.0. The zero-order valence-electron chi connectivity index (χ0n) is 16.3. The number of benzene rings is 3. The van der Waals surface area contributed by atoms with E-state index in [0.29, 0.717) is 39.1 Å². The maximum Gasteiger partial charge on any atom is 0.228 e. The Morgan fingerprint density at radius 3 is 2.38 bits per heavy atom. The molecule has 0 aromatic heterocycles. The lowest BCUT2D eigenvalue weighted by Gasteiger charge is -2.26. The van der Waals surface area contributed by atoms with Gasteiger partial charge < -0.3 is 15.0 Å². The van der Waals surface area contributed by atoms with Crippen LogP contribution in [0.1, 0.15) is 11.1 Å². The van der Waals surface area contributed by atoms with E-state index in [2.05, 4.69) is 5.32 Å². The summed E-state index contributed by atoms with van der Waals surface area (Å²) in [4.78, 5) is 26.7. The monoisotopic (exact) mass is 388 g/mol. The van der Waals surface area contributed by atoms with Gasteiger partial charge in [0.2, 0.25) is 11.8 Å². The second-order valence-electron chi connectivity index (χ2n) is 7.23. The zero-order chi connectivity index (χ0) is 20.1. The van der Waals surface area contributed by atoms with Gasteiger partial charge >= 0.3 is 0 Å². The van der Waals surface area contributed by atoms with Crippen LogP contribution in [0.25, 0.3) is 10.8 Å². The number of rotatable bonds is 5. The van der Waals surface area contributed by atoms with Crippen molar-refractivity contribution in [3.8, 4) is 0 Å². The predicted molar refractivity (Wildman–Crippen MR) is 114 cm³/mol. The number of fused-ring (bicyclic) bond motifs is 1. The van der Waals surface area contributed by atoms with E-state index in [1.54, 1.807) is 0 Å². The third-order valence-corrected chi connectivity index (χ3v) is 5.19. The molecule has 0 bridgehead atoms. The first-order chi connectivity index (χ1) is 14.2. The van der Waals surface area contributed by atoms with Gasteiger partial charge in [-0.15, -0.1) is 0 Å². The van der Waals surface area contributed by atoms with Crippen molar-refractivity contribution in [2.75, 3.05) is 31.6 Å². The summed E-state index contributed by atoms with van der Waals surface area (Å²) in [5.41, 5.74) is 2.68. The minimum atomic E-state index is -0.0569. The summed E-state index contributed by atoms with van der Waals surface area (Å²) < 4.78 is 5.28. The highest BCUT2D eigenvalue weighted by molar-refractivity contribution is 5.96. The first-order valence-electron chi connectivity index (χ1n) is 9.90. The van der Waals surface area contributed by atoms with Crippen LogP contribution in [0.3, 0.4) is 0 Å². The minimum absolute atomic E-state index is 0.0569. The molecule has 5 heteroatoms. The smallest absolute Gasteiger partial charge is 0.228 e. The highest BCUT2D eigenvalue weighted by Crippen LogP contribution is 2.19. The molecule has 1 heterocycles. The Hall–Kier alpha value is -3.18. The van der Waals surface area contributed by atoms with Crippen molar-refractivity contribution in [2.24, 2.45) is 0 Å². The highest BCUT2D eigenvalue weighted by atomic mass is 16.5. The van der Waals surface area contributed by atoms with E-state index < -0.39 is 0 Å². The standard InChI is InChI=1S/C24H24N2O3/c27-23(17-20-6-3-5-19-4-1-2-7-22(19)20)25-21-10-8-18(9-11-21)16-24(28)26-12-14-29-15-13-26/h1-11H,12-17H2,(H,25,27). The highest BCUT2D eigenvalue weighted by Gasteiger charge is 2.17. The van der Waals surface area contributed by atoms with E-state index in [4.69, 9.17) is 4.74 Å². The molecular weight excluding hydrogens is 364 g/mol. The van der Waals surface area contributed by atoms with Crippen molar-refractivity contribution in [2.45, 2.75) is 12.8 Å². The third-order valence-electron chi connectivity index (χ3n) is 5.19. The molecule has 2 amide bonds. The van der Waals surface area contributed by atoms with Gasteiger partial charge in [-0.05, 0) is 34.0 Å². The van der Waals surface area contributed by atoms with Gasteiger partial charge in [0.15, 0.2) is 0 Å². The van der Waals surface area contributed by atoms with Crippen molar-refractivity contribution in [1.29, 1.82) is 0 Å². The lowest BCUT2D eigenvalue weighted by molar-refractivity contribution is -0.134. The van der Waals surface area contributed by atoms with Crippen LogP contribution in [0.5, 0.6) is 0 Å². The molecule has 1 N–H and O–H groups in total. The summed E-state index contributed by atoms with van der Waals surface area (Å²) >= 11 is 0. The number of nitrogens with zero attached hydrogens (tertiary/aromatic N) is 1. The number of amides is 2. The van der Waals surface area contributed by atoms with Crippen molar-refractivity contribution in [3.63, 3.8) is 0 Å². The molecule has 5 nitrogen and oxygen atoms in total. The van der Waals surface area contributed by atoms with Gasteiger partial charge in [0.05, 0.1) is 26.1 Å². The molecule has 4 rings (SSSR count). The Kier molecular flexibility index (Phi) is 5.86. The van der Waals surface area contributed by atoms with Crippen LogP contribution >= 0.6 is 0 Å². The van der Waals surface area contributed by atoms with E-state index in [0.717, 1.165) is 27.6 Å². The van der Waals surface area contributed by atoms with Gasteiger partial charge in [-0.2, -0.15) is 0 Å². The topological polar surface area (TPSA) is 58.6 Å². The summed E-state index contributed by atoms with van der Waals surface area (Å²) in [5, 5.41) is 5.18. The summed E-state index contributed by atoms with van der Waals surface area (Å²) in [6, 6.07) is 21.6. The molecular formula is C24H24N2O3. The van der Waals surface area contributed by atoms with Crippen LogP contribution in [0.15, 0.2) is 66.7 Å². The van der Waals surface area contributed by atoms with E-state index >= 15 is 0 Å². The fourth-order valence-electron chi connectivity index (χ4n) is 3.63. The molecule has 0 unspecified atom stereocenters. The minimum Gasteiger partial charge on any atom is -0.378 e. The SMILES string of the molecule is O=C(Cc1cccc2ccccc12)Nc1ccc(CC(=O)N2CCOCC2)cc1. The number of nitrogens with one attached hydrogen (secondary N) is 1. The Bertz CT molecular complexity index is 1000. The molecule has 148 valence electrons. The van der Waals surface area contributed by atoms with E-state index in [1.165, 1.54) is 0 Å². The van der Waals surface area contributed by atoms with Crippen LogP contribution < -0.4 is 5.32 Å². The molecule has 0 saturated carbocycles. The number of hydrogen-bond donors (Lipinski definition) is 1. The zero-order valence-corrected chi connectivity index (χ0v) is 16.3. The van der Waals surface area contributed by atoms with Crippen molar-refractivity contribution >= 4 is 28.3 Å². The summed E-state index contributed by atoms with van der Waals surface area (Å²) in [5.74, 6) is 0.0551. The number of ether oxygens (including phenoxy) is 1. The molecule has 1 fully saturated rings. The van der Waals surface area contributed by atoms with Gasteiger partial charge in [0.1, 0.15) is 0 Å². The second-order valence-corrected chi connectivity index (χ2v) is 7.23. The molecule has 0 spiro atoms. The maximum absolute atomic E-state index is 12.5. The quantitative estimate of drug-likeness (QED) is 0.729. The maximum atomic E-state index is 12.5. The Morgan fingerprint density at radius 2 is 1.59 bits per heavy atom. The second kappa shape index (κ2) is 8.88. The summed E-state index contributed by atoms with van der Waals surface area (Å²) in [6.45, 7) is 2.52. The number of hydrogen-bond acceptors (Lipinski definition) is 3. The summed E-state index contributed by atoms with van der Waals surface area (Å²) in [7, 11) is 0. The number of carbonyl (C=O) groups excluding carboxylic acids is 2. The van der Waals surface area contributed by atoms with Crippen molar-refractivity contribution < 1.29 is 14.3 Å². The molecule has 3 aromatic rings. The largest absolute Gasteiger partial charge is 0.378 e. The fraction of sp³-hybridized carbons (Fsp3) is 0.250. The average Bonchev–Trinajstić information content (AvgIpc) is 2.76. The molecule has 3 aromatic carbocycles. The Labute approximate surface area is 170 Å². The molecule has 0 aliphatic carbocycles. The first-order valence-corrected chi connectivity index (χ1v) is 9.90. The van der Waals surface area contributed by atoms with Gasteiger partial charge in [0, 0.05) is 18.8 Å². The average molecular weight is 388 g/mol. The molecule has 0 atom stereocenters. The predicted octanol–water partition coefficient (Wildman–Crippen LogP) is 3.42.